The van der Waals surface area contributed by atoms with Crippen LogP contribution in [-0.2, 0) is 13.1 Å². The third-order valence-electron chi connectivity index (χ3n) is 5.83. The van der Waals surface area contributed by atoms with Crippen molar-refractivity contribution >= 4 is 45.4 Å². The zero-order valence-corrected chi connectivity index (χ0v) is 19.7. The van der Waals surface area contributed by atoms with Crippen molar-refractivity contribution in [2.75, 3.05) is 14.2 Å². The summed E-state index contributed by atoms with van der Waals surface area (Å²) in [6.45, 7) is -0.392. The summed E-state index contributed by atoms with van der Waals surface area (Å²) in [4.78, 5) is 39.6. The molecule has 0 aliphatic carbocycles. The van der Waals surface area contributed by atoms with Crippen LogP contribution in [0.4, 0.5) is 0 Å². The van der Waals surface area contributed by atoms with Gasteiger partial charge in [0.2, 0.25) is 0 Å². The van der Waals surface area contributed by atoms with Gasteiger partial charge in [-0.3, -0.25) is 18.7 Å². The molecule has 3 aromatic carbocycles. The quantitative estimate of drug-likeness (QED) is 0.307. The summed E-state index contributed by atoms with van der Waals surface area (Å²) < 4.78 is 21.7. The highest BCUT2D eigenvalue weighted by atomic mass is 32.1. The lowest BCUT2D eigenvalue weighted by molar-refractivity contribution is 0.0970. The summed E-state index contributed by atoms with van der Waals surface area (Å²) in [6, 6.07) is 16.9. The average Bonchev–Trinajstić information content (AvgIpc) is 3.47. The van der Waals surface area contributed by atoms with Gasteiger partial charge < -0.3 is 9.47 Å². The van der Waals surface area contributed by atoms with Gasteiger partial charge in [-0.2, -0.15) is 8.75 Å². The summed E-state index contributed by atoms with van der Waals surface area (Å²) in [7, 11) is 3.10. The van der Waals surface area contributed by atoms with Gasteiger partial charge in [0.25, 0.3) is 0 Å². The molecule has 9 nitrogen and oxygen atoms in total. The second-order valence-electron chi connectivity index (χ2n) is 7.82. The Bertz CT molecular complexity index is 1610. The highest BCUT2D eigenvalue weighted by Gasteiger charge is 2.22. The first-order chi connectivity index (χ1) is 17.0. The fourth-order valence-corrected chi connectivity index (χ4v) is 4.52. The molecule has 0 spiro atoms. The van der Waals surface area contributed by atoms with Crippen molar-refractivity contribution in [2.24, 2.45) is 0 Å². The van der Waals surface area contributed by atoms with E-state index in [2.05, 4.69) is 8.75 Å². The van der Waals surface area contributed by atoms with Crippen molar-refractivity contribution in [3.05, 3.63) is 82.3 Å². The van der Waals surface area contributed by atoms with Crippen LogP contribution in [0, 0.1) is 0 Å². The van der Waals surface area contributed by atoms with Gasteiger partial charge in [0.15, 0.2) is 11.6 Å². The van der Waals surface area contributed by atoms with Gasteiger partial charge >= 0.3 is 5.69 Å². The molecule has 2 aromatic heterocycles. The van der Waals surface area contributed by atoms with Crippen LogP contribution in [0.1, 0.15) is 20.7 Å². The van der Waals surface area contributed by atoms with Gasteiger partial charge in [-0.15, -0.1) is 0 Å². The van der Waals surface area contributed by atoms with Crippen molar-refractivity contribution in [3.8, 4) is 11.5 Å². The molecule has 5 aromatic rings. The van der Waals surface area contributed by atoms with Crippen molar-refractivity contribution in [2.45, 2.75) is 13.1 Å². The van der Waals surface area contributed by atoms with Crippen LogP contribution < -0.4 is 15.2 Å². The van der Waals surface area contributed by atoms with Crippen molar-refractivity contribution in [1.82, 2.24) is 17.9 Å². The van der Waals surface area contributed by atoms with Gasteiger partial charge in [-0.25, -0.2) is 4.79 Å². The molecule has 10 heteroatoms. The van der Waals surface area contributed by atoms with E-state index in [1.165, 1.54) is 9.13 Å². The number of Topliss-reactive ketones (excluding diaryl/α,β-unsaturated/α-hetero) is 2. The lowest BCUT2D eigenvalue weighted by Crippen LogP contribution is -2.29. The molecule has 0 bridgehead atoms. The number of fused-ring (bicyclic) bond motifs is 3. The smallest absolute Gasteiger partial charge is 0.330 e. The van der Waals surface area contributed by atoms with E-state index in [1.54, 1.807) is 74.9 Å². The number of rotatable bonds is 8. The molecule has 0 amide bonds. The SMILES string of the molecule is COc1ccc(C(=O)Cn2c(=O)n(CC(=O)c3ccc(OC)cc3)c3c4nsnc4ccc32)cc1. The summed E-state index contributed by atoms with van der Waals surface area (Å²) in [5, 5.41) is 0. The Morgan fingerprint density at radius 3 is 1.86 bits per heavy atom. The van der Waals surface area contributed by atoms with Crippen molar-refractivity contribution in [1.29, 1.82) is 0 Å². The topological polar surface area (TPSA) is 105 Å². The number of methoxy groups -OCH3 is 2. The number of imidazole rings is 1. The molecule has 5 rings (SSSR count). The Morgan fingerprint density at radius 1 is 0.771 bits per heavy atom. The third-order valence-corrected chi connectivity index (χ3v) is 6.37. The molecule has 0 saturated carbocycles. The predicted molar refractivity (Wildman–Crippen MR) is 132 cm³/mol. The Balaban J connectivity index is 1.57. The van der Waals surface area contributed by atoms with Gasteiger partial charge in [0, 0.05) is 11.1 Å². The first-order valence-corrected chi connectivity index (χ1v) is 11.4. The molecule has 176 valence electrons. The maximum atomic E-state index is 13.5. The van der Waals surface area contributed by atoms with Crippen LogP contribution in [0.5, 0.6) is 11.5 Å². The molecular weight excluding hydrogens is 468 g/mol. The lowest BCUT2D eigenvalue weighted by Gasteiger charge is -2.05. The van der Waals surface area contributed by atoms with Gasteiger partial charge in [-0.1, -0.05) is 0 Å². The Hall–Kier alpha value is -4.31. The molecule has 0 aliphatic heterocycles. The van der Waals surface area contributed by atoms with Crippen LogP contribution in [-0.4, -0.2) is 43.7 Å². The monoisotopic (exact) mass is 488 g/mol. The van der Waals surface area contributed by atoms with E-state index in [9.17, 15) is 14.4 Å². The van der Waals surface area contributed by atoms with Crippen LogP contribution in [0.15, 0.2) is 65.5 Å². The van der Waals surface area contributed by atoms with E-state index >= 15 is 0 Å². The highest BCUT2D eigenvalue weighted by Crippen LogP contribution is 2.24. The molecule has 0 radical (unpaired) electrons. The standard InChI is InChI=1S/C25H20N4O5S/c1-33-17-7-3-15(4-8-17)21(30)13-28-20-12-11-19-23(27-35-26-19)24(20)29(25(28)32)14-22(31)16-5-9-18(34-2)10-6-16/h3-12H,13-14H2,1-2H3. The number of hydrogen-bond acceptors (Lipinski definition) is 8. The number of aromatic nitrogens is 4. The van der Waals surface area contributed by atoms with Crippen molar-refractivity contribution < 1.29 is 19.1 Å². The Morgan fingerprint density at radius 2 is 1.31 bits per heavy atom. The van der Waals surface area contributed by atoms with Gasteiger partial charge in [0.05, 0.1) is 50.1 Å². The minimum atomic E-state index is -0.468. The number of hydrogen-bond donors (Lipinski definition) is 0. The van der Waals surface area contributed by atoms with Crippen LogP contribution in [0.25, 0.3) is 22.1 Å². The third kappa shape index (κ3) is 4.08. The molecule has 0 unspecified atom stereocenters. The number of ketones is 2. The fraction of sp³-hybridized carbons (Fsp3) is 0.160. The van der Waals surface area contributed by atoms with Gasteiger partial charge in [0.1, 0.15) is 22.5 Å². The summed E-state index contributed by atoms with van der Waals surface area (Å²) in [5.74, 6) is 0.760. The molecule has 2 heterocycles. The second-order valence-corrected chi connectivity index (χ2v) is 8.35. The maximum absolute atomic E-state index is 13.5. The molecule has 35 heavy (non-hydrogen) atoms. The van der Waals surface area contributed by atoms with E-state index in [1.807, 2.05) is 0 Å². The average molecular weight is 489 g/mol. The van der Waals surface area contributed by atoms with E-state index < -0.39 is 5.69 Å². The second kappa shape index (κ2) is 9.15. The van der Waals surface area contributed by atoms with E-state index in [0.717, 1.165) is 11.7 Å². The maximum Gasteiger partial charge on any atom is 0.330 e. The molecule has 0 aliphatic rings. The first kappa shape index (κ1) is 22.5. The van der Waals surface area contributed by atoms with Crippen LogP contribution in [0.3, 0.4) is 0 Å². The molecule has 0 N–H and O–H groups in total. The Labute approximate surface area is 203 Å². The predicted octanol–water partition coefficient (Wildman–Crippen LogP) is 3.59. The number of carbonyl (C=O) groups is 2. The fourth-order valence-electron chi connectivity index (χ4n) is 3.98. The number of carbonyl (C=O) groups excluding carboxylic acids is 2. The summed E-state index contributed by atoms with van der Waals surface area (Å²) in [6.07, 6.45) is 0. The zero-order chi connectivity index (χ0) is 24.5. The zero-order valence-electron chi connectivity index (χ0n) is 18.9. The Kier molecular flexibility index (Phi) is 5.87. The number of ether oxygens (including phenoxy) is 2. The first-order valence-electron chi connectivity index (χ1n) is 10.7. The number of nitrogens with zero attached hydrogens (tertiary/aromatic N) is 4. The van der Waals surface area contributed by atoms with Crippen LogP contribution >= 0.6 is 11.7 Å². The summed E-state index contributed by atoms with van der Waals surface area (Å²) in [5.41, 5.74) is 2.55. The minimum absolute atomic E-state index is 0.186. The van der Waals surface area contributed by atoms with Crippen LogP contribution in [0.2, 0.25) is 0 Å². The van der Waals surface area contributed by atoms with Gasteiger partial charge in [-0.05, 0) is 60.7 Å². The van der Waals surface area contributed by atoms with E-state index in [-0.39, 0.29) is 24.7 Å². The van der Waals surface area contributed by atoms with Crippen molar-refractivity contribution in [3.63, 3.8) is 0 Å². The molecule has 0 saturated heterocycles. The molecular formula is C25H20N4O5S. The minimum Gasteiger partial charge on any atom is -0.497 e. The lowest BCUT2D eigenvalue weighted by atomic mass is 10.1. The summed E-state index contributed by atoms with van der Waals surface area (Å²) >= 11 is 1.02. The van der Waals surface area contributed by atoms with E-state index in [0.29, 0.717) is 44.7 Å². The highest BCUT2D eigenvalue weighted by molar-refractivity contribution is 7.00. The normalized spacial score (nSPS) is 11.1. The largest absolute Gasteiger partial charge is 0.497 e. The number of benzene rings is 3. The molecule has 0 atom stereocenters. The molecule has 0 fully saturated rings. The van der Waals surface area contributed by atoms with E-state index in [4.69, 9.17) is 9.47 Å².